The molecule has 2 bridgehead atoms. The van der Waals surface area contributed by atoms with Crippen LogP contribution in [0.25, 0.3) is 33.6 Å². The molecule has 5 heterocycles. The lowest BCUT2D eigenvalue weighted by Gasteiger charge is -2.41. The number of nitrogens with zero attached hydrogens (tertiary/aromatic N) is 4. The molecule has 64 heavy (non-hydrogen) atoms. The normalized spacial score (nSPS) is 23.1. The van der Waals surface area contributed by atoms with Crippen molar-refractivity contribution < 1.29 is 38.1 Å². The van der Waals surface area contributed by atoms with Gasteiger partial charge in [-0.2, -0.15) is 0 Å². The van der Waals surface area contributed by atoms with E-state index in [1.165, 1.54) is 49.3 Å². The van der Waals surface area contributed by atoms with E-state index in [1.54, 1.807) is 11.1 Å². The van der Waals surface area contributed by atoms with Gasteiger partial charge in [-0.3, -0.25) is 9.59 Å². The number of fused-ring (bicyclic) bond motifs is 2. The summed E-state index contributed by atoms with van der Waals surface area (Å²) in [6.45, 7) is 9.31. The topological polar surface area (TPSA) is 193 Å². The highest BCUT2D eigenvalue weighted by Crippen LogP contribution is 2.55. The Labute approximate surface area is 373 Å². The number of nitrogens with one attached hydrogen (secondary N) is 4. The van der Waals surface area contributed by atoms with Gasteiger partial charge in [0.2, 0.25) is 11.8 Å². The predicted molar refractivity (Wildman–Crippen MR) is 237 cm³/mol. The molecule has 340 valence electrons. The molecule has 2 aromatic carbocycles. The van der Waals surface area contributed by atoms with E-state index in [0.717, 1.165) is 54.0 Å². The molecule has 4 fully saturated rings. The maximum absolute atomic E-state index is 14.1. The summed E-state index contributed by atoms with van der Waals surface area (Å²) in [5.74, 6) is 0.698. The second-order valence-electron chi connectivity index (χ2n) is 18.7. The maximum atomic E-state index is 14.1. The Hall–Kier alpha value is -5.74. The van der Waals surface area contributed by atoms with Crippen LogP contribution in [-0.4, -0.2) is 112 Å². The van der Waals surface area contributed by atoms with Gasteiger partial charge in [0.05, 0.1) is 69.8 Å². The molecule has 6 aliphatic rings. The van der Waals surface area contributed by atoms with Crippen molar-refractivity contribution in [2.45, 2.75) is 114 Å². The monoisotopic (exact) mass is 876 g/mol. The fraction of sp³-hybridized carbons (Fsp3) is 0.542. The number of alkyl carbamates (subject to hydrolysis) is 2. The van der Waals surface area contributed by atoms with E-state index in [-0.39, 0.29) is 36.2 Å². The van der Waals surface area contributed by atoms with Crippen LogP contribution < -0.4 is 10.6 Å². The second-order valence-corrected chi connectivity index (χ2v) is 18.7. The van der Waals surface area contributed by atoms with E-state index in [4.69, 9.17) is 28.9 Å². The number of likely N-dealkylation sites (tertiary alicyclic amines) is 2. The van der Waals surface area contributed by atoms with Gasteiger partial charge in [-0.15, -0.1) is 0 Å². The number of aromatic nitrogens is 4. The average molecular weight is 877 g/mol. The lowest BCUT2D eigenvalue weighted by atomic mass is 9.64. The molecule has 16 nitrogen and oxygen atoms in total. The van der Waals surface area contributed by atoms with Crippen molar-refractivity contribution in [3.8, 4) is 33.6 Å². The van der Waals surface area contributed by atoms with Gasteiger partial charge in [0.25, 0.3) is 0 Å². The number of benzene rings is 2. The minimum Gasteiger partial charge on any atom is -0.453 e. The molecule has 4 N–H and O–H groups in total. The maximum Gasteiger partial charge on any atom is 0.407 e. The molecule has 16 heteroatoms. The summed E-state index contributed by atoms with van der Waals surface area (Å²) in [5, 5.41) is 5.46. The lowest BCUT2D eigenvalue weighted by molar-refractivity contribution is -0.153. The van der Waals surface area contributed by atoms with Crippen LogP contribution in [0, 0.1) is 11.8 Å². The van der Waals surface area contributed by atoms with Crippen molar-refractivity contribution in [1.82, 2.24) is 40.4 Å². The van der Waals surface area contributed by atoms with Crippen molar-refractivity contribution in [3.05, 3.63) is 71.6 Å². The van der Waals surface area contributed by atoms with Crippen LogP contribution in [0.5, 0.6) is 0 Å². The zero-order valence-corrected chi connectivity index (χ0v) is 37.6. The van der Waals surface area contributed by atoms with Crippen molar-refractivity contribution in [2.24, 2.45) is 11.8 Å². The molecule has 3 saturated heterocycles. The quantitative estimate of drug-likeness (QED) is 0.119. The summed E-state index contributed by atoms with van der Waals surface area (Å²) in [6, 6.07) is 10.9. The predicted octanol–water partition coefficient (Wildman–Crippen LogP) is 7.33. The Morgan fingerprint density at radius 2 is 1.20 bits per heavy atom. The SMILES string of the molecule is COC(=O)NC(C(=O)N1CC2(CC1c1ncc(-c3ccc(-c4ccc(-c5cnc(C6CCCN6C(=O)C(NC(=O)OC)C(C)C)[nH]5)c5c4C4CCC5CC4)cc3)[nH]1)OCCO2)C(C)C. The Morgan fingerprint density at radius 1 is 0.688 bits per heavy atom. The molecule has 4 aromatic rings. The van der Waals surface area contributed by atoms with Gasteiger partial charge in [0, 0.05) is 18.5 Å². The number of rotatable bonds is 11. The number of hydrogen-bond acceptors (Lipinski definition) is 10. The number of carbonyl (C=O) groups is 4. The average Bonchev–Trinajstić information content (AvgIpc) is 4.18. The summed E-state index contributed by atoms with van der Waals surface area (Å²) >= 11 is 0. The first-order chi connectivity index (χ1) is 30.9. The molecule has 10 rings (SSSR count). The number of amides is 4. The number of carbonyl (C=O) groups excluding carboxylic acids is 4. The van der Waals surface area contributed by atoms with Crippen LogP contribution in [0.2, 0.25) is 0 Å². The van der Waals surface area contributed by atoms with Gasteiger partial charge in [-0.1, -0.05) is 64.1 Å². The standard InChI is InChI=1S/C48H60N8O8/c1-26(2)40(53-46(59)61-5)44(57)55-19-7-8-36(55)42-50-24-35(52-42)33-18-17-32(38-30-13-15-31(16-14-30)39(33)38)28-9-11-29(12-10-28)34-23-49-43(51-34)37-22-48(63-20-21-64-48)25-56(37)45(58)41(27(3)4)54-47(60)62-6/h9-12,17-18,23-24,26-27,30-31,36-37,40-41H,7-8,13-16,19-22,25H2,1-6H3,(H,49,51)(H,50,52)(H,53,59)(H,54,60). The van der Waals surface area contributed by atoms with Crippen molar-refractivity contribution in [2.75, 3.05) is 40.5 Å². The lowest BCUT2D eigenvalue weighted by Crippen LogP contribution is -2.52. The van der Waals surface area contributed by atoms with Gasteiger partial charge >= 0.3 is 12.2 Å². The molecular formula is C48H60N8O8. The van der Waals surface area contributed by atoms with Crippen LogP contribution in [0.1, 0.15) is 119 Å². The highest BCUT2D eigenvalue weighted by Gasteiger charge is 2.53. The number of imidazole rings is 2. The summed E-state index contributed by atoms with van der Waals surface area (Å²) < 4.78 is 21.8. The number of aromatic amines is 2. The molecular weight excluding hydrogens is 817 g/mol. The Bertz CT molecular complexity index is 2380. The Morgan fingerprint density at radius 3 is 1.80 bits per heavy atom. The minimum absolute atomic E-state index is 0.111. The van der Waals surface area contributed by atoms with Gasteiger partial charge < -0.3 is 49.3 Å². The Balaban J connectivity index is 0.968. The first kappa shape index (κ1) is 43.5. The fourth-order valence-corrected chi connectivity index (χ4v) is 10.9. The zero-order chi connectivity index (χ0) is 44.9. The van der Waals surface area contributed by atoms with Gasteiger partial charge in [0.1, 0.15) is 23.7 Å². The molecule has 4 atom stereocenters. The largest absolute Gasteiger partial charge is 0.453 e. The van der Waals surface area contributed by atoms with E-state index < -0.39 is 36.1 Å². The van der Waals surface area contributed by atoms with Crippen molar-refractivity contribution in [1.29, 1.82) is 0 Å². The Kier molecular flexibility index (Phi) is 12.0. The number of hydrogen-bond donors (Lipinski definition) is 4. The van der Waals surface area contributed by atoms with E-state index in [9.17, 15) is 19.2 Å². The highest BCUT2D eigenvalue weighted by atomic mass is 16.7. The summed E-state index contributed by atoms with van der Waals surface area (Å²) in [6.07, 6.45) is 9.15. The third kappa shape index (κ3) is 8.03. The molecule has 3 aliphatic heterocycles. The molecule has 1 saturated carbocycles. The van der Waals surface area contributed by atoms with Gasteiger partial charge in [0.15, 0.2) is 5.79 Å². The number of methoxy groups -OCH3 is 2. The van der Waals surface area contributed by atoms with E-state index in [1.807, 2.05) is 38.8 Å². The smallest absolute Gasteiger partial charge is 0.407 e. The third-order valence-corrected chi connectivity index (χ3v) is 14.2. The van der Waals surface area contributed by atoms with Gasteiger partial charge in [-0.05, 0) is 90.0 Å². The first-order valence-corrected chi connectivity index (χ1v) is 22.8. The zero-order valence-electron chi connectivity index (χ0n) is 37.6. The van der Waals surface area contributed by atoms with Gasteiger partial charge in [-0.25, -0.2) is 19.6 Å². The molecule has 4 amide bonds. The first-order valence-electron chi connectivity index (χ1n) is 22.8. The van der Waals surface area contributed by atoms with E-state index in [2.05, 4.69) is 57.0 Å². The van der Waals surface area contributed by atoms with Crippen LogP contribution in [0.3, 0.4) is 0 Å². The molecule has 3 aliphatic carbocycles. The third-order valence-electron chi connectivity index (χ3n) is 14.2. The van der Waals surface area contributed by atoms with Crippen LogP contribution in [0.15, 0.2) is 48.8 Å². The van der Waals surface area contributed by atoms with Crippen LogP contribution in [0.4, 0.5) is 9.59 Å². The summed E-state index contributed by atoms with van der Waals surface area (Å²) in [7, 11) is 2.58. The number of H-pyrrole nitrogens is 2. The fourth-order valence-electron chi connectivity index (χ4n) is 10.9. The number of ether oxygens (including phenoxy) is 4. The van der Waals surface area contributed by atoms with Crippen molar-refractivity contribution >= 4 is 24.0 Å². The molecule has 1 spiro atoms. The molecule has 2 aromatic heterocycles. The highest BCUT2D eigenvalue weighted by molar-refractivity contribution is 5.87. The molecule has 4 unspecified atom stereocenters. The van der Waals surface area contributed by atoms with Crippen LogP contribution >= 0.6 is 0 Å². The van der Waals surface area contributed by atoms with E-state index in [0.29, 0.717) is 43.8 Å². The van der Waals surface area contributed by atoms with E-state index >= 15 is 0 Å². The summed E-state index contributed by atoms with van der Waals surface area (Å²) in [5.41, 5.74) is 9.15. The van der Waals surface area contributed by atoms with Crippen molar-refractivity contribution in [3.63, 3.8) is 0 Å². The molecule has 0 radical (unpaired) electrons. The second kappa shape index (κ2) is 17.7. The minimum atomic E-state index is -0.934. The van der Waals surface area contributed by atoms with Crippen LogP contribution in [-0.2, 0) is 28.5 Å². The summed E-state index contributed by atoms with van der Waals surface area (Å²) in [4.78, 5) is 72.7.